The standard InChI is InChI=1S/C14H19NO3/c1-10(9-18-2)15-7-11-5-3-4-6-12(11)13(8-15)14(16)17/h3-6,10,13H,7-9H2,1-2H3,(H,16,17). The summed E-state index contributed by atoms with van der Waals surface area (Å²) in [6.07, 6.45) is 0. The predicted molar refractivity (Wildman–Crippen MR) is 68.6 cm³/mol. The molecule has 18 heavy (non-hydrogen) atoms. The highest BCUT2D eigenvalue weighted by molar-refractivity contribution is 5.77. The zero-order valence-electron chi connectivity index (χ0n) is 10.8. The van der Waals surface area contributed by atoms with Gasteiger partial charge in [0.25, 0.3) is 0 Å². The van der Waals surface area contributed by atoms with Crippen LogP contribution in [-0.4, -0.2) is 42.3 Å². The molecule has 1 aliphatic rings. The third kappa shape index (κ3) is 2.54. The van der Waals surface area contributed by atoms with Gasteiger partial charge in [0.05, 0.1) is 12.5 Å². The first kappa shape index (κ1) is 13.1. The van der Waals surface area contributed by atoms with E-state index in [1.54, 1.807) is 7.11 Å². The van der Waals surface area contributed by atoms with Crippen molar-refractivity contribution >= 4 is 5.97 Å². The van der Waals surface area contributed by atoms with Crippen molar-refractivity contribution in [2.24, 2.45) is 0 Å². The number of fused-ring (bicyclic) bond motifs is 1. The molecule has 0 fully saturated rings. The Morgan fingerprint density at radius 1 is 1.56 bits per heavy atom. The van der Waals surface area contributed by atoms with Crippen LogP contribution in [0.4, 0.5) is 0 Å². The molecule has 98 valence electrons. The minimum atomic E-state index is -0.753. The monoisotopic (exact) mass is 249 g/mol. The molecule has 0 radical (unpaired) electrons. The number of benzene rings is 1. The quantitative estimate of drug-likeness (QED) is 0.882. The number of methoxy groups -OCH3 is 1. The molecular weight excluding hydrogens is 230 g/mol. The highest BCUT2D eigenvalue weighted by Gasteiger charge is 2.31. The molecule has 2 rings (SSSR count). The number of carboxylic acid groups (broad SMARTS) is 1. The Morgan fingerprint density at radius 2 is 2.28 bits per heavy atom. The van der Waals surface area contributed by atoms with Gasteiger partial charge in [-0.25, -0.2) is 0 Å². The summed E-state index contributed by atoms with van der Waals surface area (Å²) in [5.74, 6) is -1.19. The zero-order chi connectivity index (χ0) is 13.1. The van der Waals surface area contributed by atoms with Crippen molar-refractivity contribution in [3.63, 3.8) is 0 Å². The van der Waals surface area contributed by atoms with Crippen molar-refractivity contribution in [2.45, 2.75) is 25.4 Å². The van der Waals surface area contributed by atoms with E-state index in [1.165, 1.54) is 0 Å². The third-order valence-corrected chi connectivity index (χ3v) is 3.55. The molecule has 1 N–H and O–H groups in total. The van der Waals surface area contributed by atoms with Gasteiger partial charge in [0.2, 0.25) is 0 Å². The molecular formula is C14H19NO3. The average molecular weight is 249 g/mol. The molecule has 1 aromatic rings. The van der Waals surface area contributed by atoms with Crippen molar-refractivity contribution in [1.82, 2.24) is 4.90 Å². The van der Waals surface area contributed by atoms with E-state index in [0.717, 1.165) is 17.7 Å². The first-order valence-electron chi connectivity index (χ1n) is 6.17. The summed E-state index contributed by atoms with van der Waals surface area (Å²) in [7, 11) is 1.67. The fourth-order valence-electron chi connectivity index (χ4n) is 2.53. The van der Waals surface area contributed by atoms with Gasteiger partial charge in [0, 0.05) is 26.2 Å². The molecule has 0 aromatic heterocycles. The van der Waals surface area contributed by atoms with Crippen LogP contribution in [0.1, 0.15) is 24.0 Å². The lowest BCUT2D eigenvalue weighted by molar-refractivity contribution is -0.139. The summed E-state index contributed by atoms with van der Waals surface area (Å²) in [4.78, 5) is 13.6. The van der Waals surface area contributed by atoms with E-state index < -0.39 is 11.9 Å². The summed E-state index contributed by atoms with van der Waals surface area (Å²) in [5, 5.41) is 9.36. The van der Waals surface area contributed by atoms with E-state index in [9.17, 15) is 9.90 Å². The lowest BCUT2D eigenvalue weighted by atomic mass is 9.89. The van der Waals surface area contributed by atoms with Crippen molar-refractivity contribution in [2.75, 3.05) is 20.3 Å². The number of aliphatic carboxylic acids is 1. The van der Waals surface area contributed by atoms with Gasteiger partial charge in [0.1, 0.15) is 0 Å². The normalized spacial score (nSPS) is 21.3. The molecule has 1 heterocycles. The van der Waals surface area contributed by atoms with Crippen molar-refractivity contribution < 1.29 is 14.6 Å². The van der Waals surface area contributed by atoms with E-state index in [1.807, 2.05) is 24.3 Å². The largest absolute Gasteiger partial charge is 0.481 e. The van der Waals surface area contributed by atoms with Crippen molar-refractivity contribution in [3.05, 3.63) is 35.4 Å². The van der Waals surface area contributed by atoms with Gasteiger partial charge >= 0.3 is 5.97 Å². The number of hydrogen-bond donors (Lipinski definition) is 1. The lowest BCUT2D eigenvalue weighted by Gasteiger charge is -2.36. The molecule has 0 amide bonds. The topological polar surface area (TPSA) is 49.8 Å². The number of rotatable bonds is 4. The third-order valence-electron chi connectivity index (χ3n) is 3.55. The average Bonchev–Trinajstić information content (AvgIpc) is 2.37. The van der Waals surface area contributed by atoms with Gasteiger partial charge < -0.3 is 9.84 Å². The highest BCUT2D eigenvalue weighted by atomic mass is 16.5. The van der Waals surface area contributed by atoms with Crippen LogP contribution in [0.2, 0.25) is 0 Å². The van der Waals surface area contributed by atoms with E-state index in [2.05, 4.69) is 11.8 Å². The summed E-state index contributed by atoms with van der Waals surface area (Å²) in [6, 6.07) is 8.03. The van der Waals surface area contributed by atoms with Crippen molar-refractivity contribution in [3.8, 4) is 0 Å². The lowest BCUT2D eigenvalue weighted by Crippen LogP contribution is -2.43. The van der Waals surface area contributed by atoms with Crippen LogP contribution in [0, 0.1) is 0 Å². The molecule has 0 saturated carbocycles. The van der Waals surface area contributed by atoms with Crippen LogP contribution in [0.5, 0.6) is 0 Å². The number of ether oxygens (including phenoxy) is 1. The molecule has 0 aliphatic carbocycles. The summed E-state index contributed by atoms with van der Waals surface area (Å²) in [6.45, 7) is 4.03. The van der Waals surface area contributed by atoms with Crippen LogP contribution < -0.4 is 0 Å². The van der Waals surface area contributed by atoms with Crippen LogP contribution in [0.3, 0.4) is 0 Å². The first-order valence-corrected chi connectivity index (χ1v) is 6.17. The summed E-state index contributed by atoms with van der Waals surface area (Å²) in [5.41, 5.74) is 2.06. The van der Waals surface area contributed by atoms with Gasteiger partial charge in [-0.1, -0.05) is 24.3 Å². The van der Waals surface area contributed by atoms with Gasteiger partial charge in [-0.3, -0.25) is 9.69 Å². The van der Waals surface area contributed by atoms with Gasteiger partial charge in [-0.05, 0) is 18.1 Å². The van der Waals surface area contributed by atoms with Gasteiger partial charge in [-0.15, -0.1) is 0 Å². The minimum Gasteiger partial charge on any atom is -0.481 e. The molecule has 4 heteroatoms. The predicted octanol–water partition coefficient (Wildman–Crippen LogP) is 1.71. The molecule has 0 spiro atoms. The van der Waals surface area contributed by atoms with Crippen LogP contribution in [0.25, 0.3) is 0 Å². The Labute approximate surface area is 107 Å². The van der Waals surface area contributed by atoms with Crippen LogP contribution >= 0.6 is 0 Å². The first-order chi connectivity index (χ1) is 8.63. The second-order valence-corrected chi connectivity index (χ2v) is 4.82. The fourth-order valence-corrected chi connectivity index (χ4v) is 2.53. The SMILES string of the molecule is COCC(C)N1Cc2ccccc2C(C(=O)O)C1. The highest BCUT2D eigenvalue weighted by Crippen LogP contribution is 2.29. The molecule has 2 unspecified atom stereocenters. The molecule has 1 aromatic carbocycles. The number of carbonyl (C=O) groups is 1. The maximum Gasteiger partial charge on any atom is 0.312 e. The Morgan fingerprint density at radius 3 is 2.94 bits per heavy atom. The Kier molecular flexibility index (Phi) is 3.99. The second-order valence-electron chi connectivity index (χ2n) is 4.82. The number of carboxylic acids is 1. The minimum absolute atomic E-state index is 0.227. The molecule has 2 atom stereocenters. The summed E-state index contributed by atoms with van der Waals surface area (Å²) >= 11 is 0. The molecule has 0 saturated heterocycles. The Bertz CT molecular complexity index is 433. The van der Waals surface area contributed by atoms with E-state index in [4.69, 9.17) is 4.74 Å². The van der Waals surface area contributed by atoms with Gasteiger partial charge in [-0.2, -0.15) is 0 Å². The Balaban J connectivity index is 2.26. The fraction of sp³-hybridized carbons (Fsp3) is 0.500. The van der Waals surface area contributed by atoms with E-state index >= 15 is 0 Å². The summed E-state index contributed by atoms with van der Waals surface area (Å²) < 4.78 is 5.15. The second kappa shape index (κ2) is 5.50. The van der Waals surface area contributed by atoms with E-state index in [-0.39, 0.29) is 6.04 Å². The van der Waals surface area contributed by atoms with E-state index in [0.29, 0.717) is 13.2 Å². The zero-order valence-corrected chi connectivity index (χ0v) is 10.8. The number of hydrogen-bond acceptors (Lipinski definition) is 3. The van der Waals surface area contributed by atoms with Crippen LogP contribution in [0.15, 0.2) is 24.3 Å². The molecule has 0 bridgehead atoms. The maximum atomic E-state index is 11.4. The molecule has 1 aliphatic heterocycles. The molecule has 4 nitrogen and oxygen atoms in total. The van der Waals surface area contributed by atoms with Gasteiger partial charge in [0.15, 0.2) is 0 Å². The number of nitrogens with zero attached hydrogens (tertiary/aromatic N) is 1. The Hall–Kier alpha value is -1.39. The van der Waals surface area contributed by atoms with Crippen LogP contribution in [-0.2, 0) is 16.1 Å². The maximum absolute atomic E-state index is 11.4. The van der Waals surface area contributed by atoms with Crippen molar-refractivity contribution in [1.29, 1.82) is 0 Å². The smallest absolute Gasteiger partial charge is 0.312 e.